The smallest absolute Gasteiger partial charge is 0.338 e. The van der Waals surface area contributed by atoms with Crippen LogP contribution in [0.25, 0.3) is 0 Å². The molecule has 2 aromatic rings. The number of carboxylic acid groups (broad SMARTS) is 1. The minimum Gasteiger partial charge on any atom is -0.508 e. The van der Waals surface area contributed by atoms with E-state index in [2.05, 4.69) is 5.32 Å². The van der Waals surface area contributed by atoms with Crippen molar-refractivity contribution in [1.82, 2.24) is 0 Å². The molecule has 0 amide bonds. The molecule has 0 aliphatic carbocycles. The molecular weight excluding hydrogens is 287 g/mol. The van der Waals surface area contributed by atoms with Crippen LogP contribution in [0.3, 0.4) is 0 Å². The van der Waals surface area contributed by atoms with E-state index >= 15 is 0 Å². The van der Waals surface area contributed by atoms with Gasteiger partial charge in [0.1, 0.15) is 23.2 Å². The zero-order valence-corrected chi connectivity index (χ0v) is 10.5. The highest BCUT2D eigenvalue weighted by atomic mass is 19.1. The van der Waals surface area contributed by atoms with Crippen LogP contribution in [-0.2, 0) is 6.54 Å². The van der Waals surface area contributed by atoms with Gasteiger partial charge in [-0.15, -0.1) is 0 Å². The van der Waals surface area contributed by atoms with Crippen LogP contribution < -0.4 is 5.32 Å². The number of hydrogen-bond acceptors (Lipinski definition) is 3. The van der Waals surface area contributed by atoms with Crippen molar-refractivity contribution in [2.75, 3.05) is 5.32 Å². The summed E-state index contributed by atoms with van der Waals surface area (Å²) in [6, 6.07) is 4.55. The predicted molar refractivity (Wildman–Crippen MR) is 68.7 cm³/mol. The third-order valence-electron chi connectivity index (χ3n) is 2.71. The lowest BCUT2D eigenvalue weighted by Crippen LogP contribution is -2.07. The van der Waals surface area contributed by atoms with Crippen molar-refractivity contribution in [3.8, 4) is 5.75 Å². The Morgan fingerprint density at radius 1 is 1.05 bits per heavy atom. The second kappa shape index (κ2) is 5.74. The van der Waals surface area contributed by atoms with Gasteiger partial charge in [-0.25, -0.2) is 18.0 Å². The van der Waals surface area contributed by atoms with Crippen molar-refractivity contribution in [1.29, 1.82) is 0 Å². The Morgan fingerprint density at radius 3 is 2.38 bits per heavy atom. The van der Waals surface area contributed by atoms with Gasteiger partial charge in [0.25, 0.3) is 0 Å². The van der Waals surface area contributed by atoms with Gasteiger partial charge in [0.2, 0.25) is 0 Å². The van der Waals surface area contributed by atoms with Crippen molar-refractivity contribution in [3.63, 3.8) is 0 Å². The molecule has 2 rings (SSSR count). The number of phenolic OH excluding ortho intramolecular Hbond substituents is 1. The number of carbonyl (C=O) groups is 1. The molecule has 0 saturated carbocycles. The number of anilines is 1. The van der Waals surface area contributed by atoms with Gasteiger partial charge in [-0.2, -0.15) is 0 Å². The summed E-state index contributed by atoms with van der Waals surface area (Å²) in [5.74, 6) is -4.65. The number of carboxylic acids is 1. The summed E-state index contributed by atoms with van der Waals surface area (Å²) in [6.07, 6.45) is 0. The molecule has 0 saturated heterocycles. The molecular formula is C14H10F3NO3. The summed E-state index contributed by atoms with van der Waals surface area (Å²) >= 11 is 0. The van der Waals surface area contributed by atoms with Gasteiger partial charge in [0, 0.05) is 18.7 Å². The van der Waals surface area contributed by atoms with Crippen LogP contribution >= 0.6 is 0 Å². The molecule has 0 aromatic heterocycles. The molecule has 0 heterocycles. The van der Waals surface area contributed by atoms with Crippen LogP contribution in [0.15, 0.2) is 30.3 Å². The first kappa shape index (κ1) is 14.7. The van der Waals surface area contributed by atoms with Crippen molar-refractivity contribution in [2.45, 2.75) is 6.54 Å². The standard InChI is InChI=1S/C14H10F3NO3/c15-8-1-7(2-9(19)3-8)6-18-13-4-10(14(20)21)11(16)5-12(13)17/h1-5,18-19H,6H2,(H,20,21). The monoisotopic (exact) mass is 297 g/mol. The highest BCUT2D eigenvalue weighted by molar-refractivity contribution is 5.89. The minimum atomic E-state index is -1.53. The Bertz CT molecular complexity index is 684. The van der Waals surface area contributed by atoms with E-state index in [4.69, 9.17) is 5.11 Å². The second-order valence-electron chi connectivity index (χ2n) is 4.29. The predicted octanol–water partition coefficient (Wildman–Crippen LogP) is 3.12. The van der Waals surface area contributed by atoms with E-state index in [0.29, 0.717) is 11.6 Å². The molecule has 0 aliphatic rings. The molecule has 0 aliphatic heterocycles. The lowest BCUT2D eigenvalue weighted by molar-refractivity contribution is 0.0692. The molecule has 4 nitrogen and oxygen atoms in total. The number of aromatic hydroxyl groups is 1. The third kappa shape index (κ3) is 3.44. The fourth-order valence-corrected chi connectivity index (χ4v) is 1.78. The molecule has 0 atom stereocenters. The molecule has 0 unspecified atom stereocenters. The average Bonchev–Trinajstić information content (AvgIpc) is 2.36. The fourth-order valence-electron chi connectivity index (χ4n) is 1.78. The summed E-state index contributed by atoms with van der Waals surface area (Å²) < 4.78 is 39.8. The second-order valence-corrected chi connectivity index (χ2v) is 4.29. The summed E-state index contributed by atoms with van der Waals surface area (Å²) in [5.41, 5.74) is -0.605. The molecule has 0 spiro atoms. The number of phenols is 1. The van der Waals surface area contributed by atoms with E-state index in [-0.39, 0.29) is 18.0 Å². The summed E-state index contributed by atoms with van der Waals surface area (Å²) in [6.45, 7) is -0.0765. The van der Waals surface area contributed by atoms with Crippen LogP contribution in [0, 0.1) is 17.5 Å². The van der Waals surface area contributed by atoms with Crippen LogP contribution in [0.4, 0.5) is 18.9 Å². The van der Waals surface area contributed by atoms with Gasteiger partial charge >= 0.3 is 5.97 Å². The number of halogens is 3. The Balaban J connectivity index is 2.23. The normalized spacial score (nSPS) is 10.4. The number of aromatic carboxylic acids is 1. The Kier molecular flexibility index (Phi) is 4.02. The molecule has 2 aromatic carbocycles. The number of benzene rings is 2. The molecule has 110 valence electrons. The highest BCUT2D eigenvalue weighted by Gasteiger charge is 2.15. The molecule has 0 bridgehead atoms. The first-order chi connectivity index (χ1) is 9.86. The SMILES string of the molecule is O=C(O)c1cc(NCc2cc(O)cc(F)c2)c(F)cc1F. The van der Waals surface area contributed by atoms with Gasteiger partial charge in [-0.05, 0) is 23.8 Å². The zero-order valence-electron chi connectivity index (χ0n) is 10.5. The van der Waals surface area contributed by atoms with Crippen molar-refractivity contribution in [2.24, 2.45) is 0 Å². The van der Waals surface area contributed by atoms with Crippen LogP contribution in [0.1, 0.15) is 15.9 Å². The maximum atomic E-state index is 13.5. The van der Waals surface area contributed by atoms with Crippen molar-refractivity contribution < 1.29 is 28.2 Å². The van der Waals surface area contributed by atoms with E-state index < -0.39 is 29.0 Å². The summed E-state index contributed by atoms with van der Waals surface area (Å²) in [7, 11) is 0. The van der Waals surface area contributed by atoms with Crippen LogP contribution in [-0.4, -0.2) is 16.2 Å². The van der Waals surface area contributed by atoms with E-state index in [1.54, 1.807) is 0 Å². The van der Waals surface area contributed by atoms with E-state index in [9.17, 15) is 23.1 Å². The first-order valence-corrected chi connectivity index (χ1v) is 5.81. The Labute approximate surface area is 117 Å². The van der Waals surface area contributed by atoms with E-state index in [1.165, 1.54) is 6.07 Å². The van der Waals surface area contributed by atoms with Gasteiger partial charge in [0.05, 0.1) is 11.3 Å². The molecule has 0 fully saturated rings. The van der Waals surface area contributed by atoms with E-state index in [0.717, 1.165) is 18.2 Å². The lowest BCUT2D eigenvalue weighted by Gasteiger charge is -2.10. The van der Waals surface area contributed by atoms with Crippen LogP contribution in [0.5, 0.6) is 5.75 Å². The maximum Gasteiger partial charge on any atom is 0.338 e. The first-order valence-electron chi connectivity index (χ1n) is 5.81. The molecule has 21 heavy (non-hydrogen) atoms. The summed E-state index contributed by atoms with van der Waals surface area (Å²) in [4.78, 5) is 10.8. The minimum absolute atomic E-state index is 0.0765. The zero-order chi connectivity index (χ0) is 15.6. The fraction of sp³-hybridized carbons (Fsp3) is 0.0714. The Hall–Kier alpha value is -2.70. The maximum absolute atomic E-state index is 13.5. The highest BCUT2D eigenvalue weighted by Crippen LogP contribution is 2.21. The average molecular weight is 297 g/mol. The molecule has 7 heteroatoms. The third-order valence-corrected chi connectivity index (χ3v) is 2.71. The lowest BCUT2D eigenvalue weighted by atomic mass is 10.1. The largest absolute Gasteiger partial charge is 0.508 e. The topological polar surface area (TPSA) is 69.6 Å². The quantitative estimate of drug-likeness (QED) is 0.811. The van der Waals surface area contributed by atoms with Crippen LogP contribution in [0.2, 0.25) is 0 Å². The number of hydrogen-bond donors (Lipinski definition) is 3. The Morgan fingerprint density at radius 2 is 1.76 bits per heavy atom. The van der Waals surface area contributed by atoms with E-state index in [1.807, 2.05) is 0 Å². The number of nitrogens with one attached hydrogen (secondary N) is 1. The van der Waals surface area contributed by atoms with Crippen molar-refractivity contribution >= 4 is 11.7 Å². The van der Waals surface area contributed by atoms with Crippen molar-refractivity contribution in [3.05, 3.63) is 58.9 Å². The van der Waals surface area contributed by atoms with Gasteiger partial charge in [0.15, 0.2) is 0 Å². The molecule has 3 N–H and O–H groups in total. The van der Waals surface area contributed by atoms with Gasteiger partial charge in [-0.3, -0.25) is 0 Å². The molecule has 0 radical (unpaired) electrons. The van der Waals surface area contributed by atoms with Gasteiger partial charge in [-0.1, -0.05) is 0 Å². The van der Waals surface area contributed by atoms with Gasteiger partial charge < -0.3 is 15.5 Å². The number of rotatable bonds is 4. The summed E-state index contributed by atoms with van der Waals surface area (Å²) in [5, 5.41) is 20.5.